The highest BCUT2D eigenvalue weighted by atomic mass is 15.3. The van der Waals surface area contributed by atoms with Gasteiger partial charge >= 0.3 is 0 Å². The second-order valence-electron chi connectivity index (χ2n) is 16.5. The normalized spacial score (nSPS) is 20.7. The van der Waals surface area contributed by atoms with E-state index in [2.05, 4.69) is 205 Å². The van der Waals surface area contributed by atoms with E-state index in [1.54, 1.807) is 0 Å². The Morgan fingerprint density at radius 2 is 1.41 bits per heavy atom. The molecule has 0 spiro atoms. The summed E-state index contributed by atoms with van der Waals surface area (Å²) in [5, 5.41) is 1.29. The fourth-order valence-electron chi connectivity index (χ4n) is 9.92. The molecule has 1 aromatic heterocycles. The largest absolute Gasteiger partial charge is 0.333 e. The van der Waals surface area contributed by atoms with E-state index in [0.29, 0.717) is 5.92 Å². The van der Waals surface area contributed by atoms with Crippen LogP contribution in [0, 0.1) is 0 Å². The molecule has 2 aliphatic carbocycles. The summed E-state index contributed by atoms with van der Waals surface area (Å²) < 4.78 is 2.51. The van der Waals surface area contributed by atoms with Crippen molar-refractivity contribution in [2.24, 2.45) is 9.98 Å². The van der Waals surface area contributed by atoms with Crippen LogP contribution in [0.3, 0.4) is 0 Å². The molecule has 0 fully saturated rings. The summed E-state index contributed by atoms with van der Waals surface area (Å²) in [6.07, 6.45) is 11.3. The molecule has 6 aromatic carbocycles. The predicted molar refractivity (Wildman–Crippen MR) is 246 cm³/mol. The van der Waals surface area contributed by atoms with Gasteiger partial charge < -0.3 is 14.4 Å². The Morgan fingerprint density at radius 3 is 2.20 bits per heavy atom. The Hall–Kier alpha value is -6.98. The highest BCUT2D eigenvalue weighted by Gasteiger charge is 2.45. The van der Waals surface area contributed by atoms with E-state index < -0.39 is 0 Å². The number of rotatable bonds is 6. The molecular formula is C54H45N5. The van der Waals surface area contributed by atoms with Gasteiger partial charge in [-0.25, -0.2) is 9.98 Å². The lowest BCUT2D eigenvalue weighted by atomic mass is 9.79. The number of nitrogens with zero attached hydrogens (tertiary/aromatic N) is 5. The minimum Gasteiger partial charge on any atom is -0.333 e. The average molecular weight is 764 g/mol. The summed E-state index contributed by atoms with van der Waals surface area (Å²) in [5.74, 6) is 2.02. The zero-order chi connectivity index (χ0) is 39.7. The van der Waals surface area contributed by atoms with E-state index in [-0.39, 0.29) is 11.7 Å². The van der Waals surface area contributed by atoms with Crippen molar-refractivity contribution in [3.05, 3.63) is 215 Å². The molecule has 3 heterocycles. The van der Waals surface area contributed by atoms with Gasteiger partial charge in [0.25, 0.3) is 0 Å². The predicted octanol–water partition coefficient (Wildman–Crippen LogP) is 12.8. The Kier molecular flexibility index (Phi) is 8.26. The van der Waals surface area contributed by atoms with Gasteiger partial charge in [0.15, 0.2) is 12.0 Å². The van der Waals surface area contributed by atoms with Crippen molar-refractivity contribution in [3.8, 4) is 5.69 Å². The SMILES string of the molecule is CC1CC=Cc2c1n(-c1cccc(C3N=C(c4ccccc4)N=C(c4ccccc4)N3C)c1)c1ccc(C3=CCC4(C)C(=C3)c3ccccc3N4c3ccccc3)cc21. The number of hydrogen-bond donors (Lipinski definition) is 0. The molecule has 0 saturated carbocycles. The standard InChI is InChI=1S/C54H45N5/c1-36-17-15-27-44-46-34-39(40-31-32-54(2)47(35-40)45-26-13-14-28-49(45)59(54)42-23-11-6-12-24-42)29-30-48(46)58(50(36)44)43-25-16-22-41(33-43)53-56-51(37-18-7-4-8-19-37)55-52(57(53)3)38-20-9-5-10-21-38/h4-16,18-31,33-36,53H,17,32H2,1-3H3. The molecule has 3 atom stereocenters. The third-order valence-corrected chi connectivity index (χ3v) is 12.8. The number of para-hydroxylation sites is 2. The minimum absolute atomic E-state index is 0.170. The summed E-state index contributed by atoms with van der Waals surface area (Å²) >= 11 is 0. The molecule has 0 bridgehead atoms. The Bertz CT molecular complexity index is 2930. The topological polar surface area (TPSA) is 36.1 Å². The summed E-state index contributed by atoms with van der Waals surface area (Å²) in [6, 6.07) is 56.6. The van der Waals surface area contributed by atoms with Gasteiger partial charge in [-0.05, 0) is 90.6 Å². The quantitative estimate of drug-likeness (QED) is 0.169. The van der Waals surface area contributed by atoms with Crippen LogP contribution in [0.2, 0.25) is 0 Å². The molecule has 0 saturated heterocycles. The average Bonchev–Trinajstić information content (AvgIpc) is 3.76. The summed E-state index contributed by atoms with van der Waals surface area (Å²) in [5.41, 5.74) is 15.8. The van der Waals surface area contributed by atoms with Gasteiger partial charge in [0.1, 0.15) is 5.84 Å². The van der Waals surface area contributed by atoms with Crippen LogP contribution in [0.5, 0.6) is 0 Å². The van der Waals surface area contributed by atoms with Crippen molar-refractivity contribution in [1.29, 1.82) is 0 Å². The van der Waals surface area contributed by atoms with Crippen molar-refractivity contribution in [1.82, 2.24) is 9.47 Å². The van der Waals surface area contributed by atoms with Crippen LogP contribution in [0.25, 0.3) is 33.8 Å². The maximum Gasteiger partial charge on any atom is 0.159 e. The number of amidine groups is 2. The van der Waals surface area contributed by atoms with Crippen LogP contribution in [0.1, 0.15) is 77.8 Å². The fourth-order valence-corrected chi connectivity index (χ4v) is 9.92. The molecule has 3 unspecified atom stereocenters. The van der Waals surface area contributed by atoms with Crippen LogP contribution in [-0.4, -0.2) is 33.7 Å². The molecule has 11 rings (SSSR count). The van der Waals surface area contributed by atoms with E-state index in [4.69, 9.17) is 9.98 Å². The Morgan fingerprint density at radius 1 is 0.695 bits per heavy atom. The third-order valence-electron chi connectivity index (χ3n) is 12.8. The number of aromatic nitrogens is 1. The van der Waals surface area contributed by atoms with Gasteiger partial charge in [-0.15, -0.1) is 0 Å². The van der Waals surface area contributed by atoms with Crippen LogP contribution in [0.4, 0.5) is 11.4 Å². The monoisotopic (exact) mass is 763 g/mol. The molecule has 0 radical (unpaired) electrons. The number of allylic oxidation sites excluding steroid dienone is 3. The smallest absolute Gasteiger partial charge is 0.159 e. The van der Waals surface area contributed by atoms with E-state index in [1.165, 1.54) is 55.8 Å². The van der Waals surface area contributed by atoms with Gasteiger partial charge in [0, 0.05) is 63.4 Å². The number of hydrogen-bond acceptors (Lipinski definition) is 4. The van der Waals surface area contributed by atoms with Crippen LogP contribution >= 0.6 is 0 Å². The van der Waals surface area contributed by atoms with Gasteiger partial charge in [0.05, 0.1) is 11.1 Å². The molecule has 0 N–H and O–H groups in total. The first kappa shape index (κ1) is 35.2. The Balaban J connectivity index is 1.00. The van der Waals surface area contributed by atoms with Crippen molar-refractivity contribution in [2.45, 2.75) is 44.3 Å². The van der Waals surface area contributed by atoms with Crippen molar-refractivity contribution >= 4 is 51.2 Å². The van der Waals surface area contributed by atoms with E-state index in [0.717, 1.165) is 46.9 Å². The van der Waals surface area contributed by atoms with Crippen molar-refractivity contribution in [2.75, 3.05) is 11.9 Å². The zero-order valence-electron chi connectivity index (χ0n) is 33.6. The summed E-state index contributed by atoms with van der Waals surface area (Å²) in [6.45, 7) is 4.76. The summed E-state index contributed by atoms with van der Waals surface area (Å²) in [4.78, 5) is 15.2. The molecular weight excluding hydrogens is 719 g/mol. The van der Waals surface area contributed by atoms with Crippen LogP contribution < -0.4 is 4.90 Å². The second kappa shape index (κ2) is 13.8. The minimum atomic E-state index is -0.255. The van der Waals surface area contributed by atoms with Gasteiger partial charge in [-0.3, -0.25) is 0 Å². The fraction of sp³-hybridized carbons (Fsp3) is 0.148. The van der Waals surface area contributed by atoms with E-state index in [1.807, 2.05) is 12.1 Å². The first-order chi connectivity index (χ1) is 29.0. The molecule has 7 aromatic rings. The maximum atomic E-state index is 5.31. The highest BCUT2D eigenvalue weighted by molar-refractivity contribution is 6.13. The second-order valence-corrected chi connectivity index (χ2v) is 16.5. The van der Waals surface area contributed by atoms with Crippen molar-refractivity contribution in [3.63, 3.8) is 0 Å². The van der Waals surface area contributed by atoms with E-state index in [9.17, 15) is 0 Å². The van der Waals surface area contributed by atoms with Gasteiger partial charge in [0.2, 0.25) is 0 Å². The zero-order valence-corrected chi connectivity index (χ0v) is 33.6. The van der Waals surface area contributed by atoms with Gasteiger partial charge in [-0.1, -0.05) is 140 Å². The lowest BCUT2D eigenvalue weighted by Crippen LogP contribution is -2.40. The van der Waals surface area contributed by atoms with Crippen LogP contribution in [-0.2, 0) is 0 Å². The van der Waals surface area contributed by atoms with E-state index >= 15 is 0 Å². The summed E-state index contributed by atoms with van der Waals surface area (Å²) in [7, 11) is 2.11. The molecule has 5 heteroatoms. The lowest BCUT2D eigenvalue weighted by Gasteiger charge is -2.39. The number of benzene rings is 6. The molecule has 286 valence electrons. The first-order valence-electron chi connectivity index (χ1n) is 20.8. The number of fused-ring (bicyclic) bond motifs is 6. The number of anilines is 2. The Labute approximate surface area is 346 Å². The molecule has 59 heavy (non-hydrogen) atoms. The number of aliphatic imine (C=N–C) groups is 2. The van der Waals surface area contributed by atoms with Crippen molar-refractivity contribution < 1.29 is 0 Å². The molecule has 2 aliphatic heterocycles. The molecule has 0 amide bonds. The third kappa shape index (κ3) is 5.67. The maximum absolute atomic E-state index is 5.31. The molecule has 5 nitrogen and oxygen atoms in total. The van der Waals surface area contributed by atoms with Crippen LogP contribution in [0.15, 0.2) is 186 Å². The first-order valence-corrected chi connectivity index (χ1v) is 20.8. The lowest BCUT2D eigenvalue weighted by molar-refractivity contribution is 0.383. The molecule has 4 aliphatic rings. The highest BCUT2D eigenvalue weighted by Crippen LogP contribution is 2.55. The van der Waals surface area contributed by atoms with Gasteiger partial charge in [-0.2, -0.15) is 0 Å².